The summed E-state index contributed by atoms with van der Waals surface area (Å²) in [4.78, 5) is 11.4. The quantitative estimate of drug-likeness (QED) is 0.784. The van der Waals surface area contributed by atoms with Crippen LogP contribution >= 0.6 is 0 Å². The molecule has 0 atom stereocenters. The highest BCUT2D eigenvalue weighted by molar-refractivity contribution is 5.77. The largest absolute Gasteiger partial charge is 0.490 e. The molecule has 5 nitrogen and oxygen atoms in total. The van der Waals surface area contributed by atoms with Crippen LogP contribution in [0.3, 0.4) is 0 Å². The molecule has 0 saturated heterocycles. The van der Waals surface area contributed by atoms with E-state index in [2.05, 4.69) is 10.6 Å². The van der Waals surface area contributed by atoms with E-state index in [1.54, 1.807) is 0 Å². The zero-order valence-corrected chi connectivity index (χ0v) is 12.8. The second kappa shape index (κ2) is 7.88. The SMILES string of the molecule is CC(C)C(=O)NCCNCc1ccc2c(c1)OCCCO2. The Morgan fingerprint density at radius 1 is 1.19 bits per heavy atom. The fraction of sp³-hybridized carbons (Fsp3) is 0.562. The highest BCUT2D eigenvalue weighted by Gasteiger charge is 2.10. The van der Waals surface area contributed by atoms with Crippen LogP contribution in [0.25, 0.3) is 0 Å². The average Bonchev–Trinajstić information content (AvgIpc) is 2.71. The first-order valence-corrected chi connectivity index (χ1v) is 7.54. The summed E-state index contributed by atoms with van der Waals surface area (Å²) in [6.45, 7) is 7.31. The van der Waals surface area contributed by atoms with Crippen molar-refractivity contribution in [3.8, 4) is 11.5 Å². The van der Waals surface area contributed by atoms with E-state index in [0.29, 0.717) is 19.8 Å². The van der Waals surface area contributed by atoms with E-state index in [9.17, 15) is 4.79 Å². The van der Waals surface area contributed by atoms with Gasteiger partial charge in [0.05, 0.1) is 13.2 Å². The van der Waals surface area contributed by atoms with Gasteiger partial charge < -0.3 is 20.1 Å². The lowest BCUT2D eigenvalue weighted by molar-refractivity contribution is -0.123. The number of fused-ring (bicyclic) bond motifs is 1. The van der Waals surface area contributed by atoms with E-state index in [0.717, 1.165) is 36.6 Å². The molecule has 116 valence electrons. The minimum Gasteiger partial charge on any atom is -0.490 e. The third-order valence-electron chi connectivity index (χ3n) is 3.27. The van der Waals surface area contributed by atoms with E-state index >= 15 is 0 Å². The zero-order chi connectivity index (χ0) is 15.1. The van der Waals surface area contributed by atoms with Crippen LogP contribution in [0, 0.1) is 5.92 Å². The van der Waals surface area contributed by atoms with Crippen LogP contribution in [0.4, 0.5) is 0 Å². The van der Waals surface area contributed by atoms with Crippen molar-refractivity contribution in [3.05, 3.63) is 23.8 Å². The Morgan fingerprint density at radius 2 is 1.95 bits per heavy atom. The topological polar surface area (TPSA) is 59.6 Å². The molecule has 1 aliphatic rings. The second-order valence-electron chi connectivity index (χ2n) is 5.45. The number of hydrogen-bond acceptors (Lipinski definition) is 4. The third-order valence-corrected chi connectivity index (χ3v) is 3.27. The molecule has 0 saturated carbocycles. The van der Waals surface area contributed by atoms with Crippen molar-refractivity contribution in [2.24, 2.45) is 5.92 Å². The summed E-state index contributed by atoms with van der Waals surface area (Å²) in [6, 6.07) is 6.01. The van der Waals surface area contributed by atoms with Crippen molar-refractivity contribution in [1.29, 1.82) is 0 Å². The van der Waals surface area contributed by atoms with Crippen molar-refractivity contribution in [1.82, 2.24) is 10.6 Å². The van der Waals surface area contributed by atoms with Gasteiger partial charge in [-0.25, -0.2) is 0 Å². The number of carbonyl (C=O) groups is 1. The van der Waals surface area contributed by atoms with Gasteiger partial charge in [0.25, 0.3) is 0 Å². The minimum atomic E-state index is 0.0340. The Hall–Kier alpha value is -1.75. The normalized spacial score (nSPS) is 13.9. The zero-order valence-electron chi connectivity index (χ0n) is 12.8. The van der Waals surface area contributed by atoms with Crippen LogP contribution in [0.2, 0.25) is 0 Å². The van der Waals surface area contributed by atoms with Gasteiger partial charge in [0.15, 0.2) is 11.5 Å². The lowest BCUT2D eigenvalue weighted by atomic mass is 10.2. The fourth-order valence-electron chi connectivity index (χ4n) is 2.03. The molecule has 0 radical (unpaired) electrons. The average molecular weight is 292 g/mol. The number of carbonyl (C=O) groups excluding carboxylic acids is 1. The maximum Gasteiger partial charge on any atom is 0.222 e. The van der Waals surface area contributed by atoms with Gasteiger partial charge in [-0.2, -0.15) is 0 Å². The molecule has 0 spiro atoms. The van der Waals surface area contributed by atoms with Crippen molar-refractivity contribution in [3.63, 3.8) is 0 Å². The molecular weight excluding hydrogens is 268 g/mol. The van der Waals surface area contributed by atoms with Crippen LogP contribution < -0.4 is 20.1 Å². The molecule has 2 N–H and O–H groups in total. The van der Waals surface area contributed by atoms with Crippen molar-refractivity contribution >= 4 is 5.91 Å². The van der Waals surface area contributed by atoms with Crippen LogP contribution in [-0.4, -0.2) is 32.2 Å². The monoisotopic (exact) mass is 292 g/mol. The summed E-state index contributed by atoms with van der Waals surface area (Å²) in [5, 5.41) is 6.19. The number of rotatable bonds is 6. The summed E-state index contributed by atoms with van der Waals surface area (Å²) < 4.78 is 11.3. The van der Waals surface area contributed by atoms with E-state index in [1.165, 1.54) is 0 Å². The summed E-state index contributed by atoms with van der Waals surface area (Å²) in [7, 11) is 0. The smallest absolute Gasteiger partial charge is 0.222 e. The van der Waals surface area contributed by atoms with Gasteiger partial charge in [0.1, 0.15) is 0 Å². The van der Waals surface area contributed by atoms with Gasteiger partial charge in [-0.3, -0.25) is 4.79 Å². The molecule has 1 aromatic carbocycles. The lowest BCUT2D eigenvalue weighted by Gasteiger charge is -2.11. The van der Waals surface area contributed by atoms with Crippen molar-refractivity contribution < 1.29 is 14.3 Å². The van der Waals surface area contributed by atoms with Gasteiger partial charge >= 0.3 is 0 Å². The number of hydrogen-bond donors (Lipinski definition) is 2. The fourth-order valence-corrected chi connectivity index (χ4v) is 2.03. The van der Waals surface area contributed by atoms with Crippen LogP contribution in [-0.2, 0) is 11.3 Å². The molecular formula is C16H24N2O3. The molecule has 21 heavy (non-hydrogen) atoms. The minimum absolute atomic E-state index is 0.0340. The predicted molar refractivity (Wildman–Crippen MR) is 81.6 cm³/mol. The Kier molecular flexibility index (Phi) is 5.87. The van der Waals surface area contributed by atoms with Crippen LogP contribution in [0.5, 0.6) is 11.5 Å². The molecule has 2 rings (SSSR count). The first-order chi connectivity index (χ1) is 10.2. The summed E-state index contributed by atoms with van der Waals surface area (Å²) in [5.74, 6) is 1.76. The predicted octanol–water partition coefficient (Wildman–Crippen LogP) is 1.71. The van der Waals surface area contributed by atoms with Crippen molar-refractivity contribution in [2.45, 2.75) is 26.8 Å². The highest BCUT2D eigenvalue weighted by Crippen LogP contribution is 2.30. The van der Waals surface area contributed by atoms with Gasteiger partial charge in [-0.1, -0.05) is 19.9 Å². The molecule has 1 amide bonds. The standard InChI is InChI=1S/C16H24N2O3/c1-12(2)16(19)18-7-6-17-11-13-4-5-14-15(10-13)21-9-3-8-20-14/h4-5,10,12,17H,3,6-9,11H2,1-2H3,(H,18,19). The molecule has 1 aliphatic heterocycles. The molecule has 1 heterocycles. The first-order valence-electron chi connectivity index (χ1n) is 7.54. The molecule has 0 aromatic heterocycles. The van der Waals surface area contributed by atoms with Gasteiger partial charge in [-0.05, 0) is 17.7 Å². The highest BCUT2D eigenvalue weighted by atomic mass is 16.5. The molecule has 1 aromatic rings. The van der Waals surface area contributed by atoms with E-state index < -0.39 is 0 Å². The summed E-state index contributed by atoms with van der Waals surface area (Å²) >= 11 is 0. The van der Waals surface area contributed by atoms with Gasteiger partial charge in [0.2, 0.25) is 5.91 Å². The molecule has 0 fully saturated rings. The van der Waals surface area contributed by atoms with Crippen LogP contribution in [0.1, 0.15) is 25.8 Å². The molecule has 0 unspecified atom stereocenters. The Labute approximate surface area is 126 Å². The van der Waals surface area contributed by atoms with E-state index in [1.807, 2.05) is 32.0 Å². The van der Waals surface area contributed by atoms with E-state index in [4.69, 9.17) is 9.47 Å². The Balaban J connectivity index is 1.74. The number of nitrogens with one attached hydrogen (secondary N) is 2. The maximum absolute atomic E-state index is 11.4. The van der Waals surface area contributed by atoms with Crippen molar-refractivity contribution in [2.75, 3.05) is 26.3 Å². The maximum atomic E-state index is 11.4. The van der Waals surface area contributed by atoms with Crippen LogP contribution in [0.15, 0.2) is 18.2 Å². The summed E-state index contributed by atoms with van der Waals surface area (Å²) in [6.07, 6.45) is 0.914. The first kappa shape index (κ1) is 15.6. The summed E-state index contributed by atoms with van der Waals surface area (Å²) in [5.41, 5.74) is 1.15. The molecule has 0 bridgehead atoms. The lowest BCUT2D eigenvalue weighted by Crippen LogP contribution is -2.34. The van der Waals surface area contributed by atoms with Gasteiger partial charge in [-0.15, -0.1) is 0 Å². The number of benzene rings is 1. The Bertz CT molecular complexity index is 475. The second-order valence-corrected chi connectivity index (χ2v) is 5.45. The molecule has 5 heteroatoms. The number of ether oxygens (including phenoxy) is 2. The third kappa shape index (κ3) is 4.93. The van der Waals surface area contributed by atoms with Gasteiger partial charge in [0, 0.05) is 32.0 Å². The van der Waals surface area contributed by atoms with E-state index in [-0.39, 0.29) is 11.8 Å². The number of amides is 1. The molecule has 0 aliphatic carbocycles. The Morgan fingerprint density at radius 3 is 2.71 bits per heavy atom.